The van der Waals surface area contributed by atoms with E-state index in [4.69, 9.17) is 0 Å². The van der Waals surface area contributed by atoms with Crippen molar-refractivity contribution in [2.45, 2.75) is 58.3 Å². The van der Waals surface area contributed by atoms with E-state index in [-0.39, 0.29) is 11.8 Å². The molecule has 2 aromatic heterocycles. The van der Waals surface area contributed by atoms with Gasteiger partial charge in [0.1, 0.15) is 5.78 Å². The van der Waals surface area contributed by atoms with E-state index >= 15 is 0 Å². The molecule has 1 atom stereocenters. The molecule has 0 saturated heterocycles. The van der Waals surface area contributed by atoms with Gasteiger partial charge >= 0.3 is 0 Å². The number of aryl methyl sites for hydroxylation is 2. The number of aromatic amines is 2. The number of fused-ring (bicyclic) bond motifs is 2. The van der Waals surface area contributed by atoms with E-state index in [0.717, 1.165) is 38.5 Å². The van der Waals surface area contributed by atoms with Crippen LogP contribution >= 0.6 is 0 Å². The number of Topliss-reactive ketones (excluding diaryl/α,β-unsaturated/α-hetero) is 1. The third-order valence-electron chi connectivity index (χ3n) is 6.99. The number of benzene rings is 2. The van der Waals surface area contributed by atoms with Crippen molar-refractivity contribution >= 4 is 27.6 Å². The second-order valence-electron chi connectivity index (χ2n) is 8.63. The molecule has 1 fully saturated rings. The Hall–Kier alpha value is -2.81. The first kappa shape index (κ1) is 19.2. The molecule has 0 radical (unpaired) electrons. The summed E-state index contributed by atoms with van der Waals surface area (Å²) in [6.45, 7) is 4.42. The van der Waals surface area contributed by atoms with Crippen molar-refractivity contribution in [3.8, 4) is 0 Å². The van der Waals surface area contributed by atoms with Gasteiger partial charge in [-0.2, -0.15) is 0 Å². The van der Waals surface area contributed by atoms with Gasteiger partial charge in [0.15, 0.2) is 0 Å². The van der Waals surface area contributed by atoms with Crippen molar-refractivity contribution in [3.05, 3.63) is 71.0 Å². The van der Waals surface area contributed by atoms with Crippen molar-refractivity contribution < 1.29 is 4.79 Å². The molecule has 1 aliphatic carbocycles. The van der Waals surface area contributed by atoms with Gasteiger partial charge in [0.25, 0.3) is 0 Å². The Kier molecular flexibility index (Phi) is 4.98. The molecule has 2 N–H and O–H groups in total. The summed E-state index contributed by atoms with van der Waals surface area (Å²) in [5.74, 6) is 0.577. The van der Waals surface area contributed by atoms with Crippen molar-refractivity contribution in [2.75, 3.05) is 0 Å². The van der Waals surface area contributed by atoms with E-state index in [1.165, 1.54) is 44.3 Å². The number of nitrogens with one attached hydrogen (secondary N) is 2. The number of ketones is 1. The van der Waals surface area contributed by atoms with Gasteiger partial charge in [0, 0.05) is 51.5 Å². The number of hydrogen-bond acceptors (Lipinski definition) is 1. The van der Waals surface area contributed by atoms with Crippen LogP contribution in [0.5, 0.6) is 0 Å². The predicted octanol–water partition coefficient (Wildman–Crippen LogP) is 6.67. The summed E-state index contributed by atoms with van der Waals surface area (Å²) in [5, 5.41) is 2.54. The Bertz CT molecular complexity index is 1130. The summed E-state index contributed by atoms with van der Waals surface area (Å²) >= 11 is 0. The zero-order chi connectivity index (χ0) is 20.7. The number of carbonyl (C=O) groups excluding carboxylic acids is 1. The second kappa shape index (κ2) is 7.79. The second-order valence-corrected chi connectivity index (χ2v) is 8.63. The van der Waals surface area contributed by atoms with Gasteiger partial charge in [0.2, 0.25) is 0 Å². The lowest BCUT2D eigenvalue weighted by molar-refractivity contribution is -0.125. The molecule has 2 heterocycles. The van der Waals surface area contributed by atoms with Crippen molar-refractivity contribution in [3.63, 3.8) is 0 Å². The Labute approximate surface area is 177 Å². The van der Waals surface area contributed by atoms with Crippen molar-refractivity contribution in [2.24, 2.45) is 5.92 Å². The molecule has 3 nitrogen and oxygen atoms in total. The molecular formula is C27H30N2O. The minimum Gasteiger partial charge on any atom is -0.358 e. The molecule has 3 heteroatoms. The van der Waals surface area contributed by atoms with Crippen LogP contribution in [0.2, 0.25) is 0 Å². The number of H-pyrrole nitrogens is 2. The SMILES string of the molecule is CCc1[nH]c2ccccc2c1C(c1c(CC)[nH]c2ccccc12)C1CCCCC1=O. The van der Waals surface area contributed by atoms with E-state index in [1.54, 1.807) is 0 Å². The lowest BCUT2D eigenvalue weighted by atomic mass is 9.71. The number of hydrogen-bond donors (Lipinski definition) is 2. The van der Waals surface area contributed by atoms with Crippen molar-refractivity contribution in [1.29, 1.82) is 0 Å². The molecule has 0 aliphatic heterocycles. The van der Waals surface area contributed by atoms with Gasteiger partial charge in [0.05, 0.1) is 0 Å². The Balaban J connectivity index is 1.84. The zero-order valence-electron chi connectivity index (χ0n) is 17.9. The molecule has 1 aliphatic rings. The maximum atomic E-state index is 13.3. The Morgan fingerprint density at radius 1 is 0.833 bits per heavy atom. The minimum absolute atomic E-state index is 0.0489. The van der Waals surface area contributed by atoms with Crippen LogP contribution < -0.4 is 0 Å². The molecule has 0 bridgehead atoms. The molecule has 5 rings (SSSR count). The quantitative estimate of drug-likeness (QED) is 0.388. The summed E-state index contributed by atoms with van der Waals surface area (Å²) in [6, 6.07) is 17.2. The number of aromatic nitrogens is 2. The average Bonchev–Trinajstić information content (AvgIpc) is 3.34. The van der Waals surface area contributed by atoms with Gasteiger partial charge < -0.3 is 9.97 Å². The smallest absolute Gasteiger partial charge is 0.136 e. The fourth-order valence-corrected chi connectivity index (χ4v) is 5.62. The Morgan fingerprint density at radius 3 is 1.87 bits per heavy atom. The largest absolute Gasteiger partial charge is 0.358 e. The predicted molar refractivity (Wildman–Crippen MR) is 124 cm³/mol. The van der Waals surface area contributed by atoms with Gasteiger partial charge in [-0.1, -0.05) is 56.7 Å². The van der Waals surface area contributed by atoms with Gasteiger partial charge in [-0.05, 0) is 48.9 Å². The van der Waals surface area contributed by atoms with Crippen molar-refractivity contribution in [1.82, 2.24) is 9.97 Å². The van der Waals surface area contributed by atoms with Crippen LogP contribution in [0.1, 0.15) is 68.0 Å². The summed E-state index contributed by atoms with van der Waals surface area (Å²) in [7, 11) is 0. The zero-order valence-corrected chi connectivity index (χ0v) is 17.9. The molecular weight excluding hydrogens is 368 g/mol. The highest BCUT2D eigenvalue weighted by atomic mass is 16.1. The monoisotopic (exact) mass is 398 g/mol. The van der Waals surface area contributed by atoms with Gasteiger partial charge in [-0.25, -0.2) is 0 Å². The topological polar surface area (TPSA) is 48.6 Å². The minimum atomic E-state index is 0.0489. The lowest BCUT2D eigenvalue weighted by Crippen LogP contribution is -2.27. The first-order chi connectivity index (χ1) is 14.7. The summed E-state index contributed by atoms with van der Waals surface area (Å²) in [5.41, 5.74) is 7.57. The van der Waals surface area contributed by atoms with E-state index in [0.29, 0.717) is 5.78 Å². The number of carbonyl (C=O) groups is 1. The van der Waals surface area contributed by atoms with Crippen LogP contribution in [0.3, 0.4) is 0 Å². The fraction of sp³-hybridized carbons (Fsp3) is 0.370. The molecule has 0 spiro atoms. The van der Waals surface area contributed by atoms with E-state index < -0.39 is 0 Å². The van der Waals surface area contributed by atoms with Crippen LogP contribution in [-0.4, -0.2) is 15.8 Å². The standard InChI is InChI=1S/C27H30N2O/c1-3-20-25(17-11-5-8-14-22(17)28-20)27(19-13-7-10-16-24(19)30)26-18-12-6-9-15-23(18)29-21(26)4-2/h5-6,8-9,11-12,14-15,19,27-29H,3-4,7,10,13,16H2,1-2H3. The molecule has 1 unspecified atom stereocenters. The van der Waals surface area contributed by atoms with E-state index in [2.05, 4.69) is 72.3 Å². The average molecular weight is 399 g/mol. The maximum Gasteiger partial charge on any atom is 0.136 e. The fourth-order valence-electron chi connectivity index (χ4n) is 5.62. The maximum absolute atomic E-state index is 13.3. The van der Waals surface area contributed by atoms with E-state index in [9.17, 15) is 4.79 Å². The van der Waals surface area contributed by atoms with Crippen LogP contribution in [-0.2, 0) is 17.6 Å². The lowest BCUT2D eigenvalue weighted by Gasteiger charge is -2.31. The number of rotatable bonds is 5. The summed E-state index contributed by atoms with van der Waals surface area (Å²) in [6.07, 6.45) is 5.74. The first-order valence-corrected chi connectivity index (χ1v) is 11.4. The summed E-state index contributed by atoms with van der Waals surface area (Å²) in [4.78, 5) is 20.6. The first-order valence-electron chi connectivity index (χ1n) is 11.4. The Morgan fingerprint density at radius 2 is 1.37 bits per heavy atom. The molecule has 2 aromatic carbocycles. The molecule has 4 aromatic rings. The highest BCUT2D eigenvalue weighted by Gasteiger charge is 2.37. The normalized spacial score (nSPS) is 17.4. The van der Waals surface area contributed by atoms with Crippen LogP contribution in [0.15, 0.2) is 48.5 Å². The molecule has 30 heavy (non-hydrogen) atoms. The van der Waals surface area contributed by atoms with Crippen LogP contribution in [0, 0.1) is 5.92 Å². The van der Waals surface area contributed by atoms with E-state index in [1.807, 2.05) is 0 Å². The van der Waals surface area contributed by atoms with Crippen LogP contribution in [0.25, 0.3) is 21.8 Å². The molecule has 0 amide bonds. The highest BCUT2D eigenvalue weighted by Crippen LogP contribution is 2.46. The molecule has 154 valence electrons. The highest BCUT2D eigenvalue weighted by molar-refractivity contribution is 5.93. The van der Waals surface area contributed by atoms with Crippen LogP contribution in [0.4, 0.5) is 0 Å². The third-order valence-corrected chi connectivity index (χ3v) is 6.99. The molecule has 1 saturated carbocycles. The summed E-state index contributed by atoms with van der Waals surface area (Å²) < 4.78 is 0. The number of para-hydroxylation sites is 2. The third kappa shape index (κ3) is 2.99. The van der Waals surface area contributed by atoms with Gasteiger partial charge in [-0.3, -0.25) is 4.79 Å². The van der Waals surface area contributed by atoms with Gasteiger partial charge in [-0.15, -0.1) is 0 Å².